The van der Waals surface area contributed by atoms with Crippen molar-refractivity contribution in [2.45, 2.75) is 70.9 Å². The van der Waals surface area contributed by atoms with Crippen molar-refractivity contribution in [3.05, 3.63) is 0 Å². The van der Waals surface area contributed by atoms with Crippen molar-refractivity contribution >= 4 is 0 Å². The van der Waals surface area contributed by atoms with Gasteiger partial charge in [-0.1, -0.05) is 26.7 Å². The molecule has 1 N–H and O–H groups in total. The lowest BCUT2D eigenvalue weighted by atomic mass is 9.85. The van der Waals surface area contributed by atoms with Crippen molar-refractivity contribution < 1.29 is 0 Å². The number of nitrogens with zero attached hydrogens (tertiary/aromatic N) is 1. The Balaban J connectivity index is 1.79. The summed E-state index contributed by atoms with van der Waals surface area (Å²) in [5.41, 5.74) is 0. The van der Waals surface area contributed by atoms with E-state index in [1.165, 1.54) is 64.6 Å². The molecule has 2 nitrogen and oxygen atoms in total. The van der Waals surface area contributed by atoms with E-state index in [4.69, 9.17) is 0 Å². The number of hydrogen-bond acceptors (Lipinski definition) is 2. The van der Waals surface area contributed by atoms with Gasteiger partial charge in [0.05, 0.1) is 0 Å². The molecule has 2 heteroatoms. The maximum absolute atomic E-state index is 3.71. The van der Waals surface area contributed by atoms with Crippen molar-refractivity contribution in [1.29, 1.82) is 0 Å². The fraction of sp³-hybridized carbons (Fsp3) is 1.00. The minimum Gasteiger partial charge on any atom is -0.313 e. The van der Waals surface area contributed by atoms with Crippen LogP contribution >= 0.6 is 0 Å². The maximum Gasteiger partial charge on any atom is 0.0195 e. The second kappa shape index (κ2) is 6.75. The van der Waals surface area contributed by atoms with Crippen LogP contribution in [0.1, 0.15) is 58.8 Å². The van der Waals surface area contributed by atoms with Crippen molar-refractivity contribution in [2.24, 2.45) is 5.92 Å². The SMILES string of the molecule is CCCNC1CCCN(C2CCCC(C)C2)C1. The van der Waals surface area contributed by atoms with E-state index < -0.39 is 0 Å². The summed E-state index contributed by atoms with van der Waals surface area (Å²) >= 11 is 0. The highest BCUT2D eigenvalue weighted by molar-refractivity contribution is 4.85. The van der Waals surface area contributed by atoms with E-state index in [1.807, 2.05) is 0 Å². The van der Waals surface area contributed by atoms with E-state index >= 15 is 0 Å². The van der Waals surface area contributed by atoms with Gasteiger partial charge < -0.3 is 5.32 Å². The van der Waals surface area contributed by atoms with Crippen molar-refractivity contribution in [3.8, 4) is 0 Å². The molecule has 1 saturated carbocycles. The van der Waals surface area contributed by atoms with Crippen LogP contribution in [0.4, 0.5) is 0 Å². The smallest absolute Gasteiger partial charge is 0.0195 e. The van der Waals surface area contributed by atoms with Crippen LogP contribution in [-0.4, -0.2) is 36.6 Å². The fourth-order valence-electron chi connectivity index (χ4n) is 3.59. The highest BCUT2D eigenvalue weighted by atomic mass is 15.2. The quantitative estimate of drug-likeness (QED) is 0.810. The van der Waals surface area contributed by atoms with Crippen LogP contribution < -0.4 is 5.32 Å². The summed E-state index contributed by atoms with van der Waals surface area (Å²) < 4.78 is 0. The second-order valence-electron chi connectivity index (χ2n) is 6.21. The predicted molar refractivity (Wildman–Crippen MR) is 74.3 cm³/mol. The molecule has 1 aliphatic heterocycles. The molecule has 17 heavy (non-hydrogen) atoms. The standard InChI is InChI=1S/C15H30N2/c1-3-9-16-14-7-5-10-17(12-14)15-8-4-6-13(2)11-15/h13-16H,3-12H2,1-2H3. The van der Waals surface area contributed by atoms with Crippen LogP contribution in [0.15, 0.2) is 0 Å². The summed E-state index contributed by atoms with van der Waals surface area (Å²) in [7, 11) is 0. The molecule has 100 valence electrons. The van der Waals surface area contributed by atoms with E-state index in [1.54, 1.807) is 0 Å². The minimum atomic E-state index is 0.765. The molecule has 0 bridgehead atoms. The van der Waals surface area contributed by atoms with Gasteiger partial charge in [-0.3, -0.25) is 4.90 Å². The molecule has 2 aliphatic rings. The monoisotopic (exact) mass is 238 g/mol. The number of rotatable bonds is 4. The van der Waals surface area contributed by atoms with E-state index in [0.717, 1.165) is 18.0 Å². The molecule has 0 radical (unpaired) electrons. The van der Waals surface area contributed by atoms with Gasteiger partial charge in [0.2, 0.25) is 0 Å². The molecule has 2 rings (SSSR count). The Labute approximate surface area is 107 Å². The van der Waals surface area contributed by atoms with Crippen LogP contribution in [0.25, 0.3) is 0 Å². The van der Waals surface area contributed by atoms with Crippen LogP contribution in [0.3, 0.4) is 0 Å². The zero-order chi connectivity index (χ0) is 12.1. The van der Waals surface area contributed by atoms with E-state index in [9.17, 15) is 0 Å². The Bertz CT molecular complexity index is 217. The minimum absolute atomic E-state index is 0.765. The normalized spacial score (nSPS) is 36.0. The fourth-order valence-corrected chi connectivity index (χ4v) is 3.59. The largest absolute Gasteiger partial charge is 0.313 e. The third kappa shape index (κ3) is 3.96. The van der Waals surface area contributed by atoms with Gasteiger partial charge in [-0.05, 0) is 51.1 Å². The molecule has 0 spiro atoms. The van der Waals surface area contributed by atoms with E-state index in [-0.39, 0.29) is 0 Å². The van der Waals surface area contributed by atoms with Crippen LogP contribution in [-0.2, 0) is 0 Å². The van der Waals surface area contributed by atoms with Gasteiger partial charge >= 0.3 is 0 Å². The van der Waals surface area contributed by atoms with Gasteiger partial charge in [-0.15, -0.1) is 0 Å². The van der Waals surface area contributed by atoms with Crippen LogP contribution in [0.5, 0.6) is 0 Å². The topological polar surface area (TPSA) is 15.3 Å². The highest BCUT2D eigenvalue weighted by Gasteiger charge is 2.28. The third-order valence-electron chi connectivity index (χ3n) is 4.56. The molecule has 0 aromatic rings. The number of nitrogens with one attached hydrogen (secondary N) is 1. The molecule has 1 saturated heterocycles. The first-order valence-corrected chi connectivity index (χ1v) is 7.77. The van der Waals surface area contributed by atoms with Gasteiger partial charge in [0.1, 0.15) is 0 Å². The summed E-state index contributed by atoms with van der Waals surface area (Å²) in [4.78, 5) is 2.78. The Kier molecular flexibility index (Phi) is 5.30. The zero-order valence-corrected chi connectivity index (χ0v) is 11.8. The second-order valence-corrected chi connectivity index (χ2v) is 6.21. The lowest BCUT2D eigenvalue weighted by Gasteiger charge is -2.41. The summed E-state index contributed by atoms with van der Waals surface area (Å²) in [6.45, 7) is 8.54. The molecule has 0 amide bonds. The lowest BCUT2D eigenvalue weighted by molar-refractivity contribution is 0.0956. The summed E-state index contributed by atoms with van der Waals surface area (Å²) in [6.07, 6.45) is 9.85. The Hall–Kier alpha value is -0.0800. The zero-order valence-electron chi connectivity index (χ0n) is 11.8. The van der Waals surface area contributed by atoms with Gasteiger partial charge in [-0.2, -0.15) is 0 Å². The summed E-state index contributed by atoms with van der Waals surface area (Å²) in [6, 6.07) is 1.66. The molecule has 1 aliphatic carbocycles. The maximum atomic E-state index is 3.71. The third-order valence-corrected chi connectivity index (χ3v) is 4.56. The first kappa shape index (κ1) is 13.4. The number of likely N-dealkylation sites (tertiary alicyclic amines) is 1. The molecule has 3 atom stereocenters. The average Bonchev–Trinajstić information content (AvgIpc) is 2.37. The Morgan fingerprint density at radius 1 is 1.18 bits per heavy atom. The first-order valence-electron chi connectivity index (χ1n) is 7.77. The first-order chi connectivity index (χ1) is 8.29. The molecular weight excluding hydrogens is 208 g/mol. The van der Waals surface area contributed by atoms with Crippen LogP contribution in [0.2, 0.25) is 0 Å². The highest BCUT2D eigenvalue weighted by Crippen LogP contribution is 2.29. The Morgan fingerprint density at radius 3 is 2.82 bits per heavy atom. The molecule has 3 unspecified atom stereocenters. The molecule has 0 aromatic carbocycles. The average molecular weight is 238 g/mol. The summed E-state index contributed by atoms with van der Waals surface area (Å²) in [5.74, 6) is 0.956. The number of piperidine rings is 1. The molecular formula is C15H30N2. The van der Waals surface area contributed by atoms with Crippen LogP contribution in [0, 0.1) is 5.92 Å². The molecule has 1 heterocycles. The van der Waals surface area contributed by atoms with E-state index in [2.05, 4.69) is 24.1 Å². The summed E-state index contributed by atoms with van der Waals surface area (Å²) in [5, 5.41) is 3.71. The van der Waals surface area contributed by atoms with Crippen molar-refractivity contribution in [3.63, 3.8) is 0 Å². The Morgan fingerprint density at radius 2 is 2.06 bits per heavy atom. The van der Waals surface area contributed by atoms with E-state index in [0.29, 0.717) is 0 Å². The van der Waals surface area contributed by atoms with Gasteiger partial charge in [0, 0.05) is 18.6 Å². The van der Waals surface area contributed by atoms with Crippen molar-refractivity contribution in [1.82, 2.24) is 10.2 Å². The van der Waals surface area contributed by atoms with Crippen molar-refractivity contribution in [2.75, 3.05) is 19.6 Å². The van der Waals surface area contributed by atoms with Gasteiger partial charge in [0.25, 0.3) is 0 Å². The van der Waals surface area contributed by atoms with Gasteiger partial charge in [0.15, 0.2) is 0 Å². The predicted octanol–water partition coefficient (Wildman–Crippen LogP) is 3.03. The lowest BCUT2D eigenvalue weighted by Crippen LogP contribution is -2.50. The number of hydrogen-bond donors (Lipinski definition) is 1. The molecule has 0 aromatic heterocycles. The van der Waals surface area contributed by atoms with Gasteiger partial charge in [-0.25, -0.2) is 0 Å². The molecule has 2 fully saturated rings.